The van der Waals surface area contributed by atoms with Crippen LogP contribution in [0.3, 0.4) is 0 Å². The summed E-state index contributed by atoms with van der Waals surface area (Å²) < 4.78 is 13.4. The van der Waals surface area contributed by atoms with E-state index in [2.05, 4.69) is 4.99 Å². The molecule has 6 nitrogen and oxygen atoms in total. The molecule has 0 radical (unpaired) electrons. The fourth-order valence-electron chi connectivity index (χ4n) is 4.69. The average molecular weight is 513 g/mol. The molecule has 1 aromatic heterocycles. The number of ether oxygens (including phenoxy) is 2. The summed E-state index contributed by atoms with van der Waals surface area (Å²) in [6.45, 7) is 8.25. The number of aryl methyl sites for hydroxylation is 1. The topological polar surface area (TPSA) is 69.9 Å². The summed E-state index contributed by atoms with van der Waals surface area (Å²) in [5.41, 5.74) is 3.49. The van der Waals surface area contributed by atoms with Gasteiger partial charge in [-0.3, -0.25) is 9.36 Å². The number of carbonyl (C=O) groups is 1. The Morgan fingerprint density at radius 1 is 1.03 bits per heavy atom. The minimum atomic E-state index is -0.628. The summed E-state index contributed by atoms with van der Waals surface area (Å²) >= 11 is 1.31. The van der Waals surface area contributed by atoms with E-state index in [9.17, 15) is 9.59 Å². The normalized spacial score (nSPS) is 15.5. The molecule has 1 unspecified atom stereocenters. The molecular formula is C30H28N2O4S. The smallest absolute Gasteiger partial charge is 0.338 e. The molecule has 5 rings (SSSR count). The number of hydrogen-bond donors (Lipinski definition) is 0. The number of fused-ring (bicyclic) bond motifs is 2. The van der Waals surface area contributed by atoms with Crippen LogP contribution in [0, 0.1) is 6.92 Å². The van der Waals surface area contributed by atoms with Gasteiger partial charge >= 0.3 is 5.97 Å². The highest BCUT2D eigenvalue weighted by Crippen LogP contribution is 2.31. The SMILES string of the molecule is CCOC(=O)C1=C(C)N=c2s/c(=C\c3c(OCC)ccc4ccccc34)c(=O)n2C1c1ccc(C)cc1. The van der Waals surface area contributed by atoms with E-state index in [0.29, 0.717) is 33.0 Å². The summed E-state index contributed by atoms with van der Waals surface area (Å²) in [6.07, 6.45) is 1.88. The van der Waals surface area contributed by atoms with Crippen molar-refractivity contribution >= 4 is 34.2 Å². The summed E-state index contributed by atoms with van der Waals surface area (Å²) in [7, 11) is 0. The second kappa shape index (κ2) is 10.2. The number of carbonyl (C=O) groups excluding carboxylic acids is 1. The fraction of sp³-hybridized carbons (Fsp3) is 0.233. The van der Waals surface area contributed by atoms with Crippen LogP contribution >= 0.6 is 11.3 Å². The highest BCUT2D eigenvalue weighted by atomic mass is 32.1. The maximum Gasteiger partial charge on any atom is 0.338 e. The van der Waals surface area contributed by atoms with Gasteiger partial charge < -0.3 is 9.47 Å². The minimum Gasteiger partial charge on any atom is -0.493 e. The van der Waals surface area contributed by atoms with Gasteiger partial charge in [0.2, 0.25) is 0 Å². The number of benzene rings is 3. The first kappa shape index (κ1) is 24.7. The van der Waals surface area contributed by atoms with Gasteiger partial charge in [0.15, 0.2) is 4.80 Å². The van der Waals surface area contributed by atoms with E-state index in [1.165, 1.54) is 11.3 Å². The first-order chi connectivity index (χ1) is 17.9. The fourth-order valence-corrected chi connectivity index (χ4v) is 5.72. The zero-order valence-electron chi connectivity index (χ0n) is 21.3. The molecule has 188 valence electrons. The Morgan fingerprint density at radius 2 is 1.78 bits per heavy atom. The predicted octanol–water partition coefficient (Wildman–Crippen LogP) is 4.66. The third-order valence-electron chi connectivity index (χ3n) is 6.42. The summed E-state index contributed by atoms with van der Waals surface area (Å²) in [5, 5.41) is 2.06. The van der Waals surface area contributed by atoms with Gasteiger partial charge in [-0.2, -0.15) is 0 Å². The van der Waals surface area contributed by atoms with Crippen LogP contribution in [-0.2, 0) is 9.53 Å². The van der Waals surface area contributed by atoms with Gasteiger partial charge in [-0.1, -0.05) is 71.5 Å². The number of aromatic nitrogens is 1. The largest absolute Gasteiger partial charge is 0.493 e. The van der Waals surface area contributed by atoms with Gasteiger partial charge in [0, 0.05) is 5.56 Å². The molecule has 0 saturated carbocycles. The molecule has 4 aromatic rings. The molecular weight excluding hydrogens is 484 g/mol. The summed E-state index contributed by atoms with van der Waals surface area (Å²) in [5.74, 6) is 0.252. The molecule has 7 heteroatoms. The molecule has 0 N–H and O–H groups in total. The van der Waals surface area contributed by atoms with Gasteiger partial charge in [-0.05, 0) is 56.2 Å². The summed E-state index contributed by atoms with van der Waals surface area (Å²) in [4.78, 5) is 32.3. The van der Waals surface area contributed by atoms with E-state index in [0.717, 1.165) is 27.5 Å². The number of thiazole rings is 1. The van der Waals surface area contributed by atoms with Crippen molar-refractivity contribution in [3.8, 4) is 5.75 Å². The van der Waals surface area contributed by atoms with Gasteiger partial charge in [-0.15, -0.1) is 0 Å². The minimum absolute atomic E-state index is 0.209. The van der Waals surface area contributed by atoms with Gasteiger partial charge in [0.05, 0.1) is 35.1 Å². The van der Waals surface area contributed by atoms with E-state index in [4.69, 9.17) is 9.47 Å². The molecule has 3 aromatic carbocycles. The molecule has 0 spiro atoms. The third-order valence-corrected chi connectivity index (χ3v) is 7.40. The van der Waals surface area contributed by atoms with Crippen LogP contribution in [0.5, 0.6) is 5.75 Å². The predicted molar refractivity (Wildman–Crippen MR) is 147 cm³/mol. The van der Waals surface area contributed by atoms with E-state index in [1.54, 1.807) is 18.4 Å². The second-order valence-electron chi connectivity index (χ2n) is 8.84. The molecule has 0 saturated heterocycles. The maximum atomic E-state index is 14.0. The van der Waals surface area contributed by atoms with E-state index in [-0.39, 0.29) is 12.2 Å². The highest BCUT2D eigenvalue weighted by Gasteiger charge is 2.33. The Bertz CT molecular complexity index is 1710. The summed E-state index contributed by atoms with van der Waals surface area (Å²) in [6, 6.07) is 19.2. The van der Waals surface area contributed by atoms with Crippen molar-refractivity contribution in [2.75, 3.05) is 13.2 Å². The van der Waals surface area contributed by atoms with Gasteiger partial charge in [-0.25, -0.2) is 9.79 Å². The zero-order chi connectivity index (χ0) is 26.1. The lowest BCUT2D eigenvalue weighted by Crippen LogP contribution is -2.39. The van der Waals surface area contributed by atoms with Crippen LogP contribution in [0.4, 0.5) is 0 Å². The molecule has 1 atom stereocenters. The lowest BCUT2D eigenvalue weighted by Gasteiger charge is -2.24. The van der Waals surface area contributed by atoms with Gasteiger partial charge in [0.25, 0.3) is 5.56 Å². The van der Waals surface area contributed by atoms with E-state index in [1.807, 2.05) is 80.6 Å². The third kappa shape index (κ3) is 4.51. The zero-order valence-corrected chi connectivity index (χ0v) is 22.1. The number of esters is 1. The molecule has 0 aliphatic carbocycles. The van der Waals surface area contributed by atoms with Crippen molar-refractivity contribution in [3.63, 3.8) is 0 Å². The quantitative estimate of drug-likeness (QED) is 0.353. The number of hydrogen-bond acceptors (Lipinski definition) is 6. The van der Waals surface area contributed by atoms with Crippen LogP contribution in [0.25, 0.3) is 16.8 Å². The van der Waals surface area contributed by atoms with Crippen molar-refractivity contribution in [2.24, 2.45) is 4.99 Å². The van der Waals surface area contributed by atoms with Crippen molar-refractivity contribution < 1.29 is 14.3 Å². The van der Waals surface area contributed by atoms with Crippen molar-refractivity contribution in [3.05, 3.63) is 108 Å². The van der Waals surface area contributed by atoms with Crippen LogP contribution < -0.4 is 19.6 Å². The Labute approximate surface area is 218 Å². The Morgan fingerprint density at radius 3 is 2.51 bits per heavy atom. The lowest BCUT2D eigenvalue weighted by atomic mass is 9.95. The van der Waals surface area contributed by atoms with Crippen LogP contribution in [0.2, 0.25) is 0 Å². The second-order valence-corrected chi connectivity index (χ2v) is 9.85. The van der Waals surface area contributed by atoms with Crippen molar-refractivity contribution in [1.29, 1.82) is 0 Å². The molecule has 37 heavy (non-hydrogen) atoms. The Kier molecular flexibility index (Phi) is 6.80. The first-order valence-electron chi connectivity index (χ1n) is 12.3. The average Bonchev–Trinajstić information content (AvgIpc) is 3.19. The number of nitrogens with zero attached hydrogens (tertiary/aromatic N) is 2. The molecule has 0 fully saturated rings. The molecule has 1 aliphatic rings. The highest BCUT2D eigenvalue weighted by molar-refractivity contribution is 7.07. The molecule has 0 amide bonds. The lowest BCUT2D eigenvalue weighted by molar-refractivity contribution is -0.139. The van der Waals surface area contributed by atoms with E-state index >= 15 is 0 Å². The molecule has 2 heterocycles. The van der Waals surface area contributed by atoms with Crippen molar-refractivity contribution in [1.82, 2.24) is 4.57 Å². The maximum absolute atomic E-state index is 14.0. The van der Waals surface area contributed by atoms with Crippen molar-refractivity contribution in [2.45, 2.75) is 33.7 Å². The number of allylic oxidation sites excluding steroid dienone is 1. The van der Waals surface area contributed by atoms with Crippen LogP contribution in [0.1, 0.15) is 43.5 Å². The van der Waals surface area contributed by atoms with Crippen LogP contribution in [-0.4, -0.2) is 23.8 Å². The van der Waals surface area contributed by atoms with Crippen LogP contribution in [0.15, 0.2) is 81.7 Å². The Hall–Kier alpha value is -3.97. The molecule has 0 bridgehead atoms. The molecule has 1 aliphatic heterocycles. The number of rotatable bonds is 6. The van der Waals surface area contributed by atoms with Gasteiger partial charge in [0.1, 0.15) is 5.75 Å². The monoisotopic (exact) mass is 512 g/mol. The van der Waals surface area contributed by atoms with E-state index < -0.39 is 12.0 Å². The standard InChI is InChI=1S/C30H28N2O4S/c1-5-35-24-16-15-20-9-7-8-10-22(20)23(24)17-25-28(33)32-27(21-13-11-18(3)12-14-21)26(29(34)36-6-2)19(4)31-30(32)37-25/h7-17,27H,5-6H2,1-4H3/b25-17-. The first-order valence-corrected chi connectivity index (χ1v) is 13.1. The Balaban J connectivity index is 1.77.